The minimum Gasteiger partial charge on any atom is -0.326 e. The number of nitrogens with zero attached hydrogens (tertiary/aromatic N) is 1. The minimum atomic E-state index is -3.59. The van der Waals surface area contributed by atoms with Gasteiger partial charge in [-0.05, 0) is 19.1 Å². The van der Waals surface area contributed by atoms with Crippen LogP contribution in [-0.4, -0.2) is 18.6 Å². The van der Waals surface area contributed by atoms with Crippen LogP contribution < -0.4 is 10.5 Å². The summed E-state index contributed by atoms with van der Waals surface area (Å²) in [7, 11) is -3.59. The van der Waals surface area contributed by atoms with E-state index in [9.17, 15) is 8.42 Å². The lowest BCUT2D eigenvalue weighted by Gasteiger charge is -2.04. The van der Waals surface area contributed by atoms with E-state index in [1.165, 1.54) is 6.20 Å². The molecule has 6 nitrogen and oxygen atoms in total. The molecule has 0 spiro atoms. The van der Waals surface area contributed by atoms with Gasteiger partial charge in [0, 0.05) is 28.4 Å². The molecule has 0 fully saturated rings. The van der Waals surface area contributed by atoms with E-state index in [0.717, 1.165) is 9.75 Å². The molecule has 0 amide bonds. The Morgan fingerprint density at radius 1 is 1.50 bits per heavy atom. The lowest BCUT2D eigenvalue weighted by atomic mass is 10.4. The first-order valence-electron chi connectivity index (χ1n) is 5.30. The Morgan fingerprint density at radius 2 is 2.28 bits per heavy atom. The maximum absolute atomic E-state index is 12.0. The summed E-state index contributed by atoms with van der Waals surface area (Å²) < 4.78 is 26.6. The fourth-order valence-corrected chi connectivity index (χ4v) is 3.56. The van der Waals surface area contributed by atoms with E-state index in [1.807, 2.05) is 19.1 Å². The summed E-state index contributed by atoms with van der Waals surface area (Å²) >= 11 is 1.56. The molecule has 0 unspecified atom stereocenters. The maximum atomic E-state index is 12.0. The third-order valence-corrected chi connectivity index (χ3v) is 4.82. The molecule has 2 aromatic rings. The van der Waals surface area contributed by atoms with Crippen molar-refractivity contribution in [3.05, 3.63) is 33.6 Å². The highest BCUT2D eigenvalue weighted by molar-refractivity contribution is 7.89. The Kier molecular flexibility index (Phi) is 3.81. The van der Waals surface area contributed by atoms with Gasteiger partial charge in [-0.3, -0.25) is 5.10 Å². The first kappa shape index (κ1) is 13.2. The van der Waals surface area contributed by atoms with Crippen LogP contribution in [0.4, 0.5) is 0 Å². The Hall–Kier alpha value is -1.22. The average molecular weight is 286 g/mol. The number of nitrogens with one attached hydrogen (secondary N) is 2. The zero-order chi connectivity index (χ0) is 13.2. The molecule has 0 aliphatic heterocycles. The highest BCUT2D eigenvalue weighted by Gasteiger charge is 2.19. The Morgan fingerprint density at radius 3 is 2.89 bits per heavy atom. The molecular weight excluding hydrogens is 272 g/mol. The van der Waals surface area contributed by atoms with Crippen LogP contribution in [0.25, 0.3) is 0 Å². The van der Waals surface area contributed by atoms with E-state index in [0.29, 0.717) is 5.56 Å². The van der Waals surface area contributed by atoms with Crippen molar-refractivity contribution in [1.82, 2.24) is 14.9 Å². The lowest BCUT2D eigenvalue weighted by Crippen LogP contribution is -2.24. The van der Waals surface area contributed by atoms with Gasteiger partial charge >= 0.3 is 0 Å². The van der Waals surface area contributed by atoms with Crippen molar-refractivity contribution in [3.63, 3.8) is 0 Å². The van der Waals surface area contributed by atoms with Crippen LogP contribution in [0.2, 0.25) is 0 Å². The number of thiophene rings is 1. The van der Waals surface area contributed by atoms with Crippen molar-refractivity contribution < 1.29 is 8.42 Å². The van der Waals surface area contributed by atoms with Crippen LogP contribution in [0.5, 0.6) is 0 Å². The lowest BCUT2D eigenvalue weighted by molar-refractivity contribution is 0.576. The number of nitrogens with two attached hydrogens (primary N) is 1. The molecule has 2 heterocycles. The molecule has 4 N–H and O–H groups in total. The second kappa shape index (κ2) is 5.19. The first-order chi connectivity index (χ1) is 8.53. The van der Waals surface area contributed by atoms with E-state index < -0.39 is 10.0 Å². The largest absolute Gasteiger partial charge is 0.326 e. The van der Waals surface area contributed by atoms with Crippen LogP contribution in [-0.2, 0) is 23.1 Å². The molecule has 0 saturated carbocycles. The molecule has 2 aromatic heterocycles. The van der Waals surface area contributed by atoms with Gasteiger partial charge in [0.2, 0.25) is 0 Å². The van der Waals surface area contributed by atoms with Crippen LogP contribution in [0.1, 0.15) is 15.3 Å². The molecule has 0 radical (unpaired) electrons. The molecule has 0 aromatic carbocycles. The number of aryl methyl sites for hydroxylation is 1. The van der Waals surface area contributed by atoms with Crippen molar-refractivity contribution in [1.29, 1.82) is 0 Å². The molecule has 0 aliphatic carbocycles. The van der Waals surface area contributed by atoms with Crippen LogP contribution in [0, 0.1) is 6.92 Å². The zero-order valence-electron chi connectivity index (χ0n) is 9.80. The van der Waals surface area contributed by atoms with Gasteiger partial charge in [-0.2, -0.15) is 5.10 Å². The third kappa shape index (κ3) is 2.78. The van der Waals surface area contributed by atoms with E-state index in [2.05, 4.69) is 14.9 Å². The third-order valence-electron chi connectivity index (χ3n) is 2.40. The molecule has 0 saturated heterocycles. The number of hydrogen-bond donors (Lipinski definition) is 3. The molecule has 8 heteroatoms. The number of aromatic nitrogens is 2. The topological polar surface area (TPSA) is 101 Å². The van der Waals surface area contributed by atoms with Crippen LogP contribution >= 0.6 is 11.3 Å². The monoisotopic (exact) mass is 286 g/mol. The SMILES string of the molecule is Cc1ccc(CNS(=O)(=O)c2[nH]ncc2CN)s1. The number of rotatable bonds is 5. The highest BCUT2D eigenvalue weighted by atomic mass is 32.2. The van der Waals surface area contributed by atoms with Gasteiger partial charge in [-0.15, -0.1) is 11.3 Å². The number of H-pyrrole nitrogens is 1. The van der Waals surface area contributed by atoms with Crippen molar-refractivity contribution in [3.8, 4) is 0 Å². The fourth-order valence-electron chi connectivity index (χ4n) is 1.50. The smallest absolute Gasteiger partial charge is 0.258 e. The summed E-state index contributed by atoms with van der Waals surface area (Å²) in [5, 5.41) is 6.20. The molecule has 0 aliphatic rings. The van der Waals surface area contributed by atoms with Gasteiger partial charge in [0.05, 0.1) is 6.20 Å². The summed E-state index contributed by atoms with van der Waals surface area (Å²) in [6.45, 7) is 2.37. The molecule has 0 bridgehead atoms. The summed E-state index contributed by atoms with van der Waals surface area (Å²) in [5.74, 6) is 0. The second-order valence-electron chi connectivity index (χ2n) is 3.77. The van der Waals surface area contributed by atoms with Crippen molar-refractivity contribution in [2.45, 2.75) is 25.0 Å². The number of hydrogen-bond acceptors (Lipinski definition) is 5. The Bertz CT molecular complexity index is 630. The minimum absolute atomic E-state index is 0.0401. The average Bonchev–Trinajstić information content (AvgIpc) is 2.95. The first-order valence-corrected chi connectivity index (χ1v) is 7.60. The summed E-state index contributed by atoms with van der Waals surface area (Å²) in [6.07, 6.45) is 1.42. The predicted molar refractivity (Wildman–Crippen MR) is 69.6 cm³/mol. The van der Waals surface area contributed by atoms with Gasteiger partial charge in [0.1, 0.15) is 0 Å². The zero-order valence-corrected chi connectivity index (χ0v) is 11.4. The van der Waals surface area contributed by atoms with E-state index in [-0.39, 0.29) is 18.1 Å². The molecule has 0 atom stereocenters. The van der Waals surface area contributed by atoms with Crippen molar-refractivity contribution in [2.75, 3.05) is 0 Å². The van der Waals surface area contributed by atoms with Gasteiger partial charge in [-0.25, -0.2) is 13.1 Å². The molecule has 2 rings (SSSR count). The summed E-state index contributed by atoms with van der Waals surface area (Å²) in [5.41, 5.74) is 5.93. The summed E-state index contributed by atoms with van der Waals surface area (Å²) in [6, 6.07) is 3.86. The normalized spacial score (nSPS) is 11.9. The van der Waals surface area contributed by atoms with Crippen molar-refractivity contribution in [2.24, 2.45) is 5.73 Å². The second-order valence-corrected chi connectivity index (χ2v) is 6.84. The van der Waals surface area contributed by atoms with Crippen LogP contribution in [0.3, 0.4) is 0 Å². The van der Waals surface area contributed by atoms with Crippen LogP contribution in [0.15, 0.2) is 23.4 Å². The van der Waals surface area contributed by atoms with Gasteiger partial charge in [-0.1, -0.05) is 0 Å². The predicted octanol–water partition coefficient (Wildman–Crippen LogP) is 0.717. The molecular formula is C10H14N4O2S2. The number of aromatic amines is 1. The van der Waals surface area contributed by atoms with E-state index >= 15 is 0 Å². The summed E-state index contributed by atoms with van der Waals surface area (Å²) in [4.78, 5) is 2.11. The number of sulfonamides is 1. The fraction of sp³-hybridized carbons (Fsp3) is 0.300. The van der Waals surface area contributed by atoms with E-state index in [4.69, 9.17) is 5.73 Å². The van der Waals surface area contributed by atoms with Gasteiger partial charge < -0.3 is 5.73 Å². The van der Waals surface area contributed by atoms with Crippen molar-refractivity contribution >= 4 is 21.4 Å². The maximum Gasteiger partial charge on any atom is 0.258 e. The highest BCUT2D eigenvalue weighted by Crippen LogP contribution is 2.16. The standard InChI is InChI=1S/C10H14N4O2S2/c1-7-2-3-9(17-7)6-13-18(15,16)10-8(4-11)5-12-14-10/h2-3,5,13H,4,6,11H2,1H3,(H,12,14). The Labute approximate surface area is 109 Å². The quantitative estimate of drug-likeness (QED) is 0.753. The Balaban J connectivity index is 2.13. The van der Waals surface area contributed by atoms with Gasteiger partial charge in [0.25, 0.3) is 10.0 Å². The van der Waals surface area contributed by atoms with Gasteiger partial charge in [0.15, 0.2) is 5.03 Å². The molecule has 18 heavy (non-hydrogen) atoms. The van der Waals surface area contributed by atoms with E-state index in [1.54, 1.807) is 11.3 Å². The molecule has 98 valence electrons.